The normalized spacial score (nSPS) is 12.9. The van der Waals surface area contributed by atoms with Gasteiger partial charge in [-0.1, -0.05) is 16.8 Å². The maximum absolute atomic E-state index is 6.02. The second-order valence-electron chi connectivity index (χ2n) is 4.84. The van der Waals surface area contributed by atoms with Crippen LogP contribution in [0.2, 0.25) is 5.02 Å². The maximum Gasteiger partial charge on any atom is 0.258 e. The Balaban J connectivity index is 2.25. The number of aryl methyl sites for hydroxylation is 1. The van der Waals surface area contributed by atoms with E-state index >= 15 is 0 Å². The van der Waals surface area contributed by atoms with Gasteiger partial charge in [0, 0.05) is 17.1 Å². The Morgan fingerprint density at radius 1 is 1.37 bits per heavy atom. The van der Waals surface area contributed by atoms with Crippen molar-refractivity contribution >= 4 is 11.6 Å². The Hall–Kier alpha value is -1.43. The van der Waals surface area contributed by atoms with Crippen LogP contribution in [-0.2, 0) is 0 Å². The molecule has 102 valence electrons. The molecule has 1 atom stereocenters. The van der Waals surface area contributed by atoms with E-state index in [-0.39, 0.29) is 6.04 Å². The quantitative estimate of drug-likeness (QED) is 0.930. The summed E-state index contributed by atoms with van der Waals surface area (Å²) in [6, 6.07) is 5.34. The van der Waals surface area contributed by atoms with Crippen molar-refractivity contribution in [3.8, 4) is 11.5 Å². The zero-order valence-corrected chi connectivity index (χ0v) is 12.0. The molecule has 1 heterocycles. The van der Waals surface area contributed by atoms with Gasteiger partial charge in [0.1, 0.15) is 0 Å². The molecule has 0 aliphatic carbocycles. The minimum Gasteiger partial charge on any atom is -0.334 e. The lowest BCUT2D eigenvalue weighted by atomic mass is 10.1. The SMILES string of the molecule is Cc1cc(Cl)cc(-c2nc(C(N)CN(C)C)no2)c1. The molecule has 2 aromatic rings. The van der Waals surface area contributed by atoms with Gasteiger partial charge in [-0.2, -0.15) is 4.98 Å². The summed E-state index contributed by atoms with van der Waals surface area (Å²) in [6.07, 6.45) is 0. The van der Waals surface area contributed by atoms with E-state index in [9.17, 15) is 0 Å². The second-order valence-corrected chi connectivity index (χ2v) is 5.28. The molecular formula is C13H17ClN4O. The van der Waals surface area contributed by atoms with Crippen LogP contribution in [0.5, 0.6) is 0 Å². The lowest BCUT2D eigenvalue weighted by Gasteiger charge is -2.12. The van der Waals surface area contributed by atoms with Crippen LogP contribution in [0.15, 0.2) is 22.7 Å². The number of halogens is 1. The van der Waals surface area contributed by atoms with Gasteiger partial charge < -0.3 is 15.2 Å². The van der Waals surface area contributed by atoms with E-state index < -0.39 is 0 Å². The van der Waals surface area contributed by atoms with Crippen molar-refractivity contribution in [3.63, 3.8) is 0 Å². The number of benzene rings is 1. The van der Waals surface area contributed by atoms with Gasteiger partial charge >= 0.3 is 0 Å². The molecule has 5 nitrogen and oxygen atoms in total. The first kappa shape index (κ1) is 14.0. The number of likely N-dealkylation sites (N-methyl/N-ethyl adjacent to an activating group) is 1. The first-order valence-corrected chi connectivity index (χ1v) is 6.35. The molecule has 0 saturated heterocycles. The Kier molecular flexibility index (Phi) is 4.19. The fourth-order valence-electron chi connectivity index (χ4n) is 1.84. The summed E-state index contributed by atoms with van der Waals surface area (Å²) in [5, 5.41) is 4.57. The molecule has 0 aliphatic heterocycles. The van der Waals surface area contributed by atoms with Crippen LogP contribution < -0.4 is 5.73 Å². The summed E-state index contributed by atoms with van der Waals surface area (Å²) in [6.45, 7) is 2.62. The average molecular weight is 281 g/mol. The minimum atomic E-state index is -0.271. The Morgan fingerprint density at radius 2 is 2.11 bits per heavy atom. The number of aromatic nitrogens is 2. The van der Waals surface area contributed by atoms with E-state index in [1.54, 1.807) is 6.07 Å². The van der Waals surface area contributed by atoms with Crippen LogP contribution in [0.4, 0.5) is 0 Å². The molecule has 1 aromatic heterocycles. The maximum atomic E-state index is 6.02. The Morgan fingerprint density at radius 3 is 2.74 bits per heavy atom. The van der Waals surface area contributed by atoms with Crippen LogP contribution in [0.3, 0.4) is 0 Å². The van der Waals surface area contributed by atoms with Gasteiger partial charge in [-0.3, -0.25) is 0 Å². The van der Waals surface area contributed by atoms with Crippen LogP contribution in [0.25, 0.3) is 11.5 Å². The van der Waals surface area contributed by atoms with E-state index in [0.29, 0.717) is 23.3 Å². The third-order valence-electron chi connectivity index (χ3n) is 2.62. The lowest BCUT2D eigenvalue weighted by Crippen LogP contribution is -2.26. The van der Waals surface area contributed by atoms with Crippen molar-refractivity contribution in [3.05, 3.63) is 34.6 Å². The largest absolute Gasteiger partial charge is 0.334 e. The van der Waals surface area contributed by atoms with Crippen molar-refractivity contribution in [2.24, 2.45) is 5.73 Å². The van der Waals surface area contributed by atoms with Gasteiger partial charge in [0.05, 0.1) is 6.04 Å². The number of nitrogens with zero attached hydrogens (tertiary/aromatic N) is 3. The molecule has 0 bridgehead atoms. The predicted octanol–water partition coefficient (Wildman–Crippen LogP) is 2.26. The van der Waals surface area contributed by atoms with E-state index in [4.69, 9.17) is 21.9 Å². The summed E-state index contributed by atoms with van der Waals surface area (Å²) >= 11 is 6.02. The molecular weight excluding hydrogens is 264 g/mol. The van der Waals surface area contributed by atoms with Crippen molar-refractivity contribution < 1.29 is 4.52 Å². The number of hydrogen-bond donors (Lipinski definition) is 1. The van der Waals surface area contributed by atoms with Crippen LogP contribution in [0.1, 0.15) is 17.4 Å². The molecule has 0 spiro atoms. The summed E-state index contributed by atoms with van der Waals surface area (Å²) < 4.78 is 5.25. The standard InChI is InChI=1S/C13H17ClN4O/c1-8-4-9(6-10(14)5-8)13-16-12(17-19-13)11(15)7-18(2)3/h4-6,11H,7,15H2,1-3H3. The fraction of sp³-hybridized carbons (Fsp3) is 0.385. The molecule has 0 amide bonds. The first-order valence-electron chi connectivity index (χ1n) is 5.97. The summed E-state index contributed by atoms with van der Waals surface area (Å²) in [7, 11) is 3.89. The van der Waals surface area contributed by atoms with Crippen molar-refractivity contribution in [2.45, 2.75) is 13.0 Å². The van der Waals surface area contributed by atoms with Crippen molar-refractivity contribution in [1.29, 1.82) is 0 Å². The summed E-state index contributed by atoms with van der Waals surface area (Å²) in [5.74, 6) is 0.941. The molecule has 0 aliphatic rings. The predicted molar refractivity (Wildman–Crippen MR) is 75.0 cm³/mol. The zero-order chi connectivity index (χ0) is 14.0. The van der Waals surface area contributed by atoms with Crippen LogP contribution in [0, 0.1) is 6.92 Å². The van der Waals surface area contributed by atoms with Gasteiger partial charge in [-0.25, -0.2) is 0 Å². The van der Waals surface area contributed by atoms with E-state index in [1.807, 2.05) is 38.1 Å². The van der Waals surface area contributed by atoms with E-state index in [0.717, 1.165) is 11.1 Å². The van der Waals surface area contributed by atoms with Gasteiger partial charge in [0.25, 0.3) is 5.89 Å². The summed E-state index contributed by atoms with van der Waals surface area (Å²) in [4.78, 5) is 6.30. The molecule has 2 N–H and O–H groups in total. The third-order valence-corrected chi connectivity index (χ3v) is 2.84. The minimum absolute atomic E-state index is 0.271. The monoisotopic (exact) mass is 280 g/mol. The van der Waals surface area contributed by atoms with Crippen LogP contribution >= 0.6 is 11.6 Å². The number of hydrogen-bond acceptors (Lipinski definition) is 5. The third kappa shape index (κ3) is 3.53. The average Bonchev–Trinajstić information content (AvgIpc) is 2.75. The lowest BCUT2D eigenvalue weighted by molar-refractivity contribution is 0.357. The highest BCUT2D eigenvalue weighted by Gasteiger charge is 2.16. The Bertz CT molecular complexity index is 547. The molecule has 19 heavy (non-hydrogen) atoms. The smallest absolute Gasteiger partial charge is 0.258 e. The topological polar surface area (TPSA) is 68.2 Å². The number of rotatable bonds is 4. The fourth-order valence-corrected chi connectivity index (χ4v) is 2.13. The van der Waals surface area contributed by atoms with E-state index in [1.165, 1.54) is 0 Å². The van der Waals surface area contributed by atoms with Gasteiger partial charge in [-0.05, 0) is 44.8 Å². The molecule has 1 aromatic carbocycles. The Labute approximate surface area is 117 Å². The van der Waals surface area contributed by atoms with E-state index in [2.05, 4.69) is 10.1 Å². The highest BCUT2D eigenvalue weighted by Crippen LogP contribution is 2.24. The van der Waals surface area contributed by atoms with Gasteiger partial charge in [-0.15, -0.1) is 0 Å². The summed E-state index contributed by atoms with van der Waals surface area (Å²) in [5.41, 5.74) is 7.84. The zero-order valence-electron chi connectivity index (χ0n) is 11.2. The second kappa shape index (κ2) is 5.69. The highest BCUT2D eigenvalue weighted by atomic mass is 35.5. The molecule has 0 saturated carbocycles. The van der Waals surface area contributed by atoms with Crippen molar-refractivity contribution in [2.75, 3.05) is 20.6 Å². The molecule has 0 fully saturated rings. The molecule has 0 radical (unpaired) electrons. The first-order chi connectivity index (χ1) is 8.95. The van der Waals surface area contributed by atoms with Crippen molar-refractivity contribution in [1.82, 2.24) is 15.0 Å². The van der Waals surface area contributed by atoms with Crippen LogP contribution in [-0.4, -0.2) is 35.7 Å². The highest BCUT2D eigenvalue weighted by molar-refractivity contribution is 6.30. The molecule has 1 unspecified atom stereocenters. The number of nitrogens with two attached hydrogens (primary N) is 1. The van der Waals surface area contributed by atoms with Gasteiger partial charge in [0.15, 0.2) is 5.82 Å². The van der Waals surface area contributed by atoms with Gasteiger partial charge in [0.2, 0.25) is 0 Å². The molecule has 6 heteroatoms. The molecule has 2 rings (SSSR count).